The normalized spacial score (nSPS) is 20.1. The highest BCUT2D eigenvalue weighted by molar-refractivity contribution is 7.80. The third-order valence-corrected chi connectivity index (χ3v) is 3.16. The van der Waals surface area contributed by atoms with Gasteiger partial charge < -0.3 is 10.6 Å². The van der Waals surface area contributed by atoms with E-state index in [0.29, 0.717) is 23.8 Å². The van der Waals surface area contributed by atoms with Crippen molar-refractivity contribution in [1.82, 2.24) is 4.90 Å². The van der Waals surface area contributed by atoms with Crippen LogP contribution < -0.4 is 5.73 Å². The Labute approximate surface area is 98.0 Å². The van der Waals surface area contributed by atoms with Gasteiger partial charge in [-0.15, -0.1) is 0 Å². The Morgan fingerprint density at radius 3 is 2.81 bits per heavy atom. The van der Waals surface area contributed by atoms with E-state index in [1.54, 1.807) is 0 Å². The second-order valence-electron chi connectivity index (χ2n) is 3.94. The summed E-state index contributed by atoms with van der Waals surface area (Å²) in [6, 6.07) is 3.54. The first-order valence-electron chi connectivity index (χ1n) is 5.07. The maximum atomic E-state index is 13.5. The summed E-state index contributed by atoms with van der Waals surface area (Å²) >= 11 is 4.85. The Morgan fingerprint density at radius 1 is 1.44 bits per heavy atom. The largest absolute Gasteiger partial charge is 0.376 e. The van der Waals surface area contributed by atoms with Crippen LogP contribution in [0.15, 0.2) is 18.2 Å². The van der Waals surface area contributed by atoms with E-state index in [1.807, 2.05) is 4.90 Å². The molecule has 2 N–H and O–H groups in total. The van der Waals surface area contributed by atoms with Gasteiger partial charge >= 0.3 is 0 Å². The molecule has 86 valence electrons. The minimum atomic E-state index is -0.412. The van der Waals surface area contributed by atoms with Crippen LogP contribution in [0, 0.1) is 11.6 Å². The molecule has 1 heterocycles. The number of nitrogens with zero attached hydrogens (tertiary/aromatic N) is 1. The van der Waals surface area contributed by atoms with Gasteiger partial charge in [-0.1, -0.05) is 0 Å². The lowest BCUT2D eigenvalue weighted by Gasteiger charge is -2.16. The summed E-state index contributed by atoms with van der Waals surface area (Å²) in [5, 5.41) is 0.319. The number of hydrogen-bond donors (Lipinski definition) is 1. The maximum absolute atomic E-state index is 13.5. The molecule has 1 aromatic rings. The van der Waals surface area contributed by atoms with Crippen LogP contribution in [0.3, 0.4) is 0 Å². The molecular formula is C11H12F2N2S. The van der Waals surface area contributed by atoms with E-state index < -0.39 is 5.82 Å². The minimum Gasteiger partial charge on any atom is -0.376 e. The zero-order valence-corrected chi connectivity index (χ0v) is 9.44. The average molecular weight is 242 g/mol. The molecule has 5 heteroatoms. The first-order chi connectivity index (χ1) is 7.58. The van der Waals surface area contributed by atoms with Crippen molar-refractivity contribution >= 4 is 17.3 Å². The van der Waals surface area contributed by atoms with Crippen molar-refractivity contribution in [3.63, 3.8) is 0 Å². The van der Waals surface area contributed by atoms with Gasteiger partial charge in [-0.2, -0.15) is 0 Å². The smallest absolute Gasteiger partial charge is 0.166 e. The van der Waals surface area contributed by atoms with Gasteiger partial charge in [0, 0.05) is 19.0 Å². The molecule has 1 saturated heterocycles. The SMILES string of the molecule is NC(=S)N1CC[C@@H](c2cc(F)ccc2F)C1. The minimum absolute atomic E-state index is 0.0304. The molecule has 1 atom stereocenters. The number of thiocarbonyl (C=S) groups is 1. The lowest BCUT2D eigenvalue weighted by molar-refractivity contribution is 0.506. The van der Waals surface area contributed by atoms with Crippen LogP contribution in [-0.2, 0) is 0 Å². The molecule has 1 aliphatic heterocycles. The van der Waals surface area contributed by atoms with Crippen molar-refractivity contribution in [1.29, 1.82) is 0 Å². The Bertz CT molecular complexity index is 422. The van der Waals surface area contributed by atoms with Gasteiger partial charge in [0.05, 0.1) is 0 Å². The summed E-state index contributed by atoms with van der Waals surface area (Å²) in [5.74, 6) is -0.807. The van der Waals surface area contributed by atoms with Crippen molar-refractivity contribution in [3.05, 3.63) is 35.4 Å². The molecule has 0 amide bonds. The van der Waals surface area contributed by atoms with Crippen LogP contribution in [0.25, 0.3) is 0 Å². The molecule has 0 bridgehead atoms. The highest BCUT2D eigenvalue weighted by Crippen LogP contribution is 2.29. The molecule has 0 spiro atoms. The number of likely N-dealkylation sites (tertiary alicyclic amines) is 1. The Kier molecular flexibility index (Phi) is 3.05. The summed E-state index contributed by atoms with van der Waals surface area (Å²) in [5.41, 5.74) is 5.91. The lowest BCUT2D eigenvalue weighted by atomic mass is 9.98. The number of benzene rings is 1. The second-order valence-corrected chi connectivity index (χ2v) is 4.35. The zero-order valence-electron chi connectivity index (χ0n) is 8.62. The van der Waals surface area contributed by atoms with Gasteiger partial charge in [0.15, 0.2) is 5.11 Å². The van der Waals surface area contributed by atoms with Crippen LogP contribution in [0.5, 0.6) is 0 Å². The summed E-state index contributed by atoms with van der Waals surface area (Å²) in [6.45, 7) is 1.27. The standard InChI is InChI=1S/C11H12F2N2S/c12-8-1-2-10(13)9(5-8)7-3-4-15(6-7)11(14)16/h1-2,5,7H,3-4,6H2,(H2,14,16)/t7-/m1/s1. The van der Waals surface area contributed by atoms with E-state index in [9.17, 15) is 8.78 Å². The van der Waals surface area contributed by atoms with E-state index in [4.69, 9.17) is 18.0 Å². The lowest BCUT2D eigenvalue weighted by Crippen LogP contribution is -2.33. The molecule has 0 aliphatic carbocycles. The average Bonchev–Trinajstić information content (AvgIpc) is 2.70. The monoisotopic (exact) mass is 242 g/mol. The van der Waals surface area contributed by atoms with Gasteiger partial charge in [0.25, 0.3) is 0 Å². The van der Waals surface area contributed by atoms with E-state index in [0.717, 1.165) is 18.6 Å². The van der Waals surface area contributed by atoms with Crippen LogP contribution in [0.2, 0.25) is 0 Å². The van der Waals surface area contributed by atoms with Gasteiger partial charge in [0.2, 0.25) is 0 Å². The van der Waals surface area contributed by atoms with Crippen LogP contribution in [0.1, 0.15) is 17.9 Å². The third-order valence-electron chi connectivity index (χ3n) is 2.90. The molecular weight excluding hydrogens is 230 g/mol. The predicted molar refractivity (Wildman–Crippen MR) is 62.1 cm³/mol. The van der Waals surface area contributed by atoms with Gasteiger partial charge in [0.1, 0.15) is 11.6 Å². The molecule has 0 saturated carbocycles. The summed E-state index contributed by atoms with van der Waals surface area (Å²) in [6.07, 6.45) is 0.748. The topological polar surface area (TPSA) is 29.3 Å². The molecule has 16 heavy (non-hydrogen) atoms. The van der Waals surface area contributed by atoms with Crippen LogP contribution in [0.4, 0.5) is 8.78 Å². The summed E-state index contributed by atoms with van der Waals surface area (Å²) in [7, 11) is 0. The summed E-state index contributed by atoms with van der Waals surface area (Å²) < 4.78 is 26.5. The number of nitrogens with two attached hydrogens (primary N) is 1. The van der Waals surface area contributed by atoms with Crippen molar-refractivity contribution < 1.29 is 8.78 Å². The highest BCUT2D eigenvalue weighted by Gasteiger charge is 2.26. The molecule has 1 fully saturated rings. The molecule has 1 aliphatic rings. The van der Waals surface area contributed by atoms with Crippen molar-refractivity contribution in [2.45, 2.75) is 12.3 Å². The molecule has 0 aromatic heterocycles. The molecule has 1 aromatic carbocycles. The molecule has 0 radical (unpaired) electrons. The van der Waals surface area contributed by atoms with E-state index >= 15 is 0 Å². The van der Waals surface area contributed by atoms with Gasteiger partial charge in [-0.3, -0.25) is 0 Å². The Morgan fingerprint density at radius 2 is 2.19 bits per heavy atom. The zero-order chi connectivity index (χ0) is 11.7. The molecule has 0 unspecified atom stereocenters. The van der Waals surface area contributed by atoms with E-state index in [1.165, 1.54) is 6.07 Å². The fourth-order valence-corrected chi connectivity index (χ4v) is 2.21. The van der Waals surface area contributed by atoms with Gasteiger partial charge in [-0.25, -0.2) is 8.78 Å². The Hall–Kier alpha value is -1.23. The van der Waals surface area contributed by atoms with Gasteiger partial charge in [-0.05, 0) is 42.4 Å². The maximum Gasteiger partial charge on any atom is 0.166 e. The number of hydrogen-bond acceptors (Lipinski definition) is 1. The van der Waals surface area contributed by atoms with Crippen molar-refractivity contribution in [2.75, 3.05) is 13.1 Å². The predicted octanol–water partition coefficient (Wildman–Crippen LogP) is 2.00. The molecule has 2 rings (SSSR count). The van der Waals surface area contributed by atoms with Crippen molar-refractivity contribution in [2.24, 2.45) is 5.73 Å². The first kappa shape index (κ1) is 11.3. The first-order valence-corrected chi connectivity index (χ1v) is 5.48. The fraction of sp³-hybridized carbons (Fsp3) is 0.364. The quantitative estimate of drug-likeness (QED) is 0.764. The third kappa shape index (κ3) is 2.14. The van der Waals surface area contributed by atoms with Crippen LogP contribution in [-0.4, -0.2) is 23.1 Å². The highest BCUT2D eigenvalue weighted by atomic mass is 32.1. The van der Waals surface area contributed by atoms with Crippen LogP contribution >= 0.6 is 12.2 Å². The van der Waals surface area contributed by atoms with E-state index in [2.05, 4.69) is 0 Å². The molecule has 2 nitrogen and oxygen atoms in total. The fourth-order valence-electron chi connectivity index (χ4n) is 2.04. The Balaban J connectivity index is 2.20. The second kappa shape index (κ2) is 4.33. The summed E-state index contributed by atoms with van der Waals surface area (Å²) in [4.78, 5) is 1.81. The van der Waals surface area contributed by atoms with Crippen molar-refractivity contribution in [3.8, 4) is 0 Å². The van der Waals surface area contributed by atoms with E-state index in [-0.39, 0.29) is 11.7 Å². The number of halogens is 2. The number of rotatable bonds is 1.